The van der Waals surface area contributed by atoms with Crippen LogP contribution in [-0.4, -0.2) is 22.2 Å². The normalized spacial score (nSPS) is 36.2. The van der Waals surface area contributed by atoms with Crippen LogP contribution in [0.25, 0.3) is 0 Å². The molecule has 5 rings (SSSR count). The van der Waals surface area contributed by atoms with Crippen molar-refractivity contribution < 1.29 is 4.79 Å². The zero-order chi connectivity index (χ0) is 16.0. The molecule has 0 spiro atoms. The molecule has 4 aliphatic carbocycles. The zero-order valence-corrected chi connectivity index (χ0v) is 15.4. The smallest absolute Gasteiger partial charge is 0.224 e. The van der Waals surface area contributed by atoms with E-state index in [1.165, 1.54) is 38.5 Å². The molecule has 0 aromatic carbocycles. The minimum atomic E-state index is -0.0456. The van der Waals surface area contributed by atoms with Crippen molar-refractivity contribution in [1.29, 1.82) is 0 Å². The molecule has 1 atom stereocenters. The van der Waals surface area contributed by atoms with Gasteiger partial charge in [-0.15, -0.1) is 0 Å². The van der Waals surface area contributed by atoms with E-state index in [0.29, 0.717) is 12.0 Å². The summed E-state index contributed by atoms with van der Waals surface area (Å²) in [5, 5.41) is 7.52. The molecule has 23 heavy (non-hydrogen) atoms. The molecule has 1 aromatic rings. The number of aromatic nitrogens is 2. The molecule has 4 fully saturated rings. The Balaban J connectivity index is 1.32. The largest absolute Gasteiger partial charge is 0.355 e. The van der Waals surface area contributed by atoms with Gasteiger partial charge in [-0.25, -0.2) is 0 Å². The van der Waals surface area contributed by atoms with E-state index >= 15 is 0 Å². The Morgan fingerprint density at radius 1 is 1.35 bits per heavy atom. The summed E-state index contributed by atoms with van der Waals surface area (Å²) in [5.74, 6) is 2.95. The van der Waals surface area contributed by atoms with Crippen LogP contribution in [0.5, 0.6) is 0 Å². The summed E-state index contributed by atoms with van der Waals surface area (Å²) in [7, 11) is 0. The lowest BCUT2D eigenvalue weighted by Crippen LogP contribution is -2.51. The van der Waals surface area contributed by atoms with Crippen LogP contribution in [0.2, 0.25) is 0 Å². The molecule has 4 saturated carbocycles. The molecule has 1 unspecified atom stereocenters. The summed E-state index contributed by atoms with van der Waals surface area (Å²) < 4.78 is 2.79. The van der Waals surface area contributed by atoms with E-state index in [0.717, 1.165) is 28.8 Å². The molecule has 0 saturated heterocycles. The van der Waals surface area contributed by atoms with Crippen LogP contribution >= 0.6 is 15.9 Å². The first-order chi connectivity index (χ1) is 11.0. The number of hydrogen-bond donors (Lipinski definition) is 1. The Morgan fingerprint density at radius 2 is 1.96 bits per heavy atom. The quantitative estimate of drug-likeness (QED) is 0.848. The van der Waals surface area contributed by atoms with Gasteiger partial charge in [0.1, 0.15) is 0 Å². The molecule has 5 heteroatoms. The maximum absolute atomic E-state index is 12.5. The summed E-state index contributed by atoms with van der Waals surface area (Å²) in [6.45, 7) is 3.52. The van der Waals surface area contributed by atoms with E-state index in [4.69, 9.17) is 0 Å². The second-order valence-corrected chi connectivity index (χ2v) is 9.33. The lowest BCUT2D eigenvalue weighted by molar-refractivity contribution is -0.127. The van der Waals surface area contributed by atoms with Gasteiger partial charge in [-0.1, -0.05) is 6.92 Å². The fourth-order valence-corrected chi connectivity index (χ4v) is 6.08. The van der Waals surface area contributed by atoms with E-state index in [1.807, 2.05) is 17.8 Å². The Hall–Kier alpha value is -0.840. The van der Waals surface area contributed by atoms with Crippen molar-refractivity contribution in [3.63, 3.8) is 0 Å². The number of rotatable bonds is 5. The van der Waals surface area contributed by atoms with Crippen molar-refractivity contribution in [1.82, 2.24) is 15.1 Å². The highest BCUT2D eigenvalue weighted by atomic mass is 79.9. The molecule has 126 valence electrons. The zero-order valence-electron chi connectivity index (χ0n) is 13.8. The lowest BCUT2D eigenvalue weighted by atomic mass is 9.49. The van der Waals surface area contributed by atoms with Crippen molar-refractivity contribution in [2.45, 2.75) is 52.0 Å². The van der Waals surface area contributed by atoms with E-state index < -0.39 is 0 Å². The second kappa shape index (κ2) is 5.91. The van der Waals surface area contributed by atoms with Gasteiger partial charge in [-0.3, -0.25) is 9.48 Å². The number of carbonyl (C=O) groups excluding carboxylic acids is 1. The number of carbonyl (C=O) groups is 1. The number of nitrogens with one attached hydrogen (secondary N) is 1. The average Bonchev–Trinajstić information content (AvgIpc) is 2.88. The van der Waals surface area contributed by atoms with Gasteiger partial charge in [0.15, 0.2) is 0 Å². The first-order valence-electron chi connectivity index (χ1n) is 8.97. The van der Waals surface area contributed by atoms with Crippen molar-refractivity contribution in [3.8, 4) is 0 Å². The number of halogens is 1. The SMILES string of the molecule is CC(Cn1cc(Br)cn1)C(=O)NCC12CC3CC(CC(C3)C1)C2. The molecule has 1 aromatic heterocycles. The van der Waals surface area contributed by atoms with Gasteiger partial charge in [-0.05, 0) is 77.6 Å². The van der Waals surface area contributed by atoms with Crippen molar-refractivity contribution in [2.24, 2.45) is 29.1 Å². The number of amides is 1. The molecule has 4 bridgehead atoms. The summed E-state index contributed by atoms with van der Waals surface area (Å²) >= 11 is 3.40. The highest BCUT2D eigenvalue weighted by Crippen LogP contribution is 2.59. The predicted octanol–water partition coefficient (Wildman–Crippen LogP) is 3.61. The Kier molecular flexibility index (Phi) is 4.02. The molecule has 0 radical (unpaired) electrons. The van der Waals surface area contributed by atoms with Crippen LogP contribution < -0.4 is 5.32 Å². The highest BCUT2D eigenvalue weighted by Gasteiger charge is 2.50. The number of nitrogens with zero attached hydrogens (tertiary/aromatic N) is 2. The first-order valence-corrected chi connectivity index (χ1v) is 9.76. The van der Waals surface area contributed by atoms with Crippen LogP contribution in [0.15, 0.2) is 16.9 Å². The lowest BCUT2D eigenvalue weighted by Gasteiger charge is -2.57. The van der Waals surface area contributed by atoms with E-state index in [9.17, 15) is 4.79 Å². The van der Waals surface area contributed by atoms with Crippen LogP contribution in [0.4, 0.5) is 0 Å². The standard InChI is InChI=1S/C18H26BrN3O/c1-12(9-22-10-16(19)8-21-22)17(23)20-11-18-5-13-2-14(6-18)4-15(3-13)7-18/h8,10,12-15H,2-7,9,11H2,1H3,(H,20,23). The fraction of sp³-hybridized carbons (Fsp3) is 0.778. The minimum absolute atomic E-state index is 0.0456. The van der Waals surface area contributed by atoms with E-state index in [1.54, 1.807) is 6.20 Å². The van der Waals surface area contributed by atoms with Gasteiger partial charge in [0.05, 0.1) is 23.1 Å². The van der Waals surface area contributed by atoms with Crippen molar-refractivity contribution in [3.05, 3.63) is 16.9 Å². The minimum Gasteiger partial charge on any atom is -0.355 e. The molecule has 4 nitrogen and oxygen atoms in total. The summed E-state index contributed by atoms with van der Waals surface area (Å²) in [6, 6.07) is 0. The predicted molar refractivity (Wildman–Crippen MR) is 92.7 cm³/mol. The third-order valence-corrected chi connectivity index (χ3v) is 6.72. The molecule has 4 aliphatic rings. The third kappa shape index (κ3) is 3.21. The molecule has 1 heterocycles. The Labute approximate surface area is 146 Å². The first kappa shape index (κ1) is 15.7. The maximum Gasteiger partial charge on any atom is 0.224 e. The van der Waals surface area contributed by atoms with E-state index in [2.05, 4.69) is 26.3 Å². The molecule has 0 aliphatic heterocycles. The Morgan fingerprint density at radius 3 is 2.48 bits per heavy atom. The molecular weight excluding hydrogens is 354 g/mol. The average molecular weight is 380 g/mol. The molecule has 1 amide bonds. The fourth-order valence-electron chi connectivity index (χ4n) is 5.76. The van der Waals surface area contributed by atoms with Gasteiger partial charge in [0, 0.05) is 12.7 Å². The second-order valence-electron chi connectivity index (χ2n) is 8.42. The summed E-state index contributed by atoms with van der Waals surface area (Å²) in [6.07, 6.45) is 12.1. The maximum atomic E-state index is 12.5. The number of hydrogen-bond acceptors (Lipinski definition) is 2. The van der Waals surface area contributed by atoms with E-state index in [-0.39, 0.29) is 11.8 Å². The van der Waals surface area contributed by atoms with Crippen LogP contribution in [-0.2, 0) is 11.3 Å². The Bertz CT molecular complexity index is 562. The molecule has 1 N–H and O–H groups in total. The van der Waals surface area contributed by atoms with Crippen molar-refractivity contribution >= 4 is 21.8 Å². The van der Waals surface area contributed by atoms with Crippen molar-refractivity contribution in [2.75, 3.05) is 6.54 Å². The monoisotopic (exact) mass is 379 g/mol. The van der Waals surface area contributed by atoms with Gasteiger partial charge in [0.2, 0.25) is 5.91 Å². The van der Waals surface area contributed by atoms with Gasteiger partial charge >= 0.3 is 0 Å². The topological polar surface area (TPSA) is 46.9 Å². The third-order valence-electron chi connectivity index (χ3n) is 6.31. The molecular formula is C18H26BrN3O. The highest BCUT2D eigenvalue weighted by molar-refractivity contribution is 9.10. The van der Waals surface area contributed by atoms with Gasteiger partial charge in [-0.2, -0.15) is 5.10 Å². The van der Waals surface area contributed by atoms with Crippen LogP contribution in [0.3, 0.4) is 0 Å². The van der Waals surface area contributed by atoms with Crippen LogP contribution in [0.1, 0.15) is 45.4 Å². The van der Waals surface area contributed by atoms with Crippen LogP contribution in [0, 0.1) is 29.1 Å². The summed E-state index contributed by atoms with van der Waals surface area (Å²) in [4.78, 5) is 12.5. The van der Waals surface area contributed by atoms with Gasteiger partial charge < -0.3 is 5.32 Å². The summed E-state index contributed by atoms with van der Waals surface area (Å²) in [5.41, 5.74) is 0.416. The van der Waals surface area contributed by atoms with Gasteiger partial charge in [0.25, 0.3) is 0 Å².